The summed E-state index contributed by atoms with van der Waals surface area (Å²) in [5.41, 5.74) is 12.3. The van der Waals surface area contributed by atoms with Crippen LogP contribution < -0.4 is 10.6 Å². The maximum Gasteiger partial charge on any atom is 0.340 e. The Morgan fingerprint density at radius 3 is 1.50 bits per heavy atom. The van der Waals surface area contributed by atoms with Crippen LogP contribution in [0.1, 0.15) is 87.4 Å². The number of carboxylic acids is 1. The van der Waals surface area contributed by atoms with E-state index in [0.717, 1.165) is 69.1 Å². The fourth-order valence-corrected chi connectivity index (χ4v) is 6.63. The molecule has 0 saturated heterocycles. The van der Waals surface area contributed by atoms with Crippen molar-refractivity contribution >= 4 is 34.7 Å². The Morgan fingerprint density at radius 2 is 1.09 bits per heavy atom. The van der Waals surface area contributed by atoms with Crippen molar-refractivity contribution in [1.82, 2.24) is 9.97 Å². The number of pyridine rings is 2. The molecule has 2 saturated carbocycles. The molecule has 4 aromatic carbocycles. The fourth-order valence-electron chi connectivity index (χ4n) is 6.63. The summed E-state index contributed by atoms with van der Waals surface area (Å²) in [7, 11) is 0. The zero-order chi connectivity index (χ0) is 37.6. The van der Waals surface area contributed by atoms with Crippen molar-refractivity contribution in [2.24, 2.45) is 0 Å². The molecule has 0 spiro atoms. The third kappa shape index (κ3) is 8.67. The molecule has 0 amide bonds. The zero-order valence-electron chi connectivity index (χ0n) is 30.8. The molecule has 272 valence electrons. The Labute approximate surface area is 316 Å². The standard InChI is InChI=1S/C24H24N2O2.C22H20N2O2/c1-3-28-24(27)21-14-19(17-9-10-17)11-12-22(21)26-20-13-16(2)23(25-15-20)18-7-5-4-6-8-18;1-14-11-18(13-23-21(14)16-5-3-2-4-6-16)24-20-10-9-17(15-7-8-15)12-19(20)22(25)26/h4-8,11-15,17,26H,3,9-10H2,1-2H3;2-6,9-13,15,24H,7-8H2,1H3,(H,25,26). The van der Waals surface area contributed by atoms with E-state index in [1.807, 2.05) is 99.6 Å². The molecule has 0 unspecified atom stereocenters. The van der Waals surface area contributed by atoms with Gasteiger partial charge in [-0.3, -0.25) is 9.97 Å². The number of hydrogen-bond acceptors (Lipinski definition) is 7. The molecule has 6 aromatic rings. The topological polar surface area (TPSA) is 113 Å². The minimum Gasteiger partial charge on any atom is -0.478 e. The van der Waals surface area contributed by atoms with Crippen LogP contribution in [-0.4, -0.2) is 33.6 Å². The van der Waals surface area contributed by atoms with Gasteiger partial charge in [0, 0.05) is 11.1 Å². The molecule has 0 bridgehead atoms. The SMILES string of the molecule is CCOC(=O)c1cc(C2CC2)ccc1Nc1cnc(-c2ccccc2)c(C)c1.Cc1cc(Nc2ccc(C3CC3)cc2C(=O)O)cnc1-c1ccccc1. The lowest BCUT2D eigenvalue weighted by Crippen LogP contribution is -2.09. The summed E-state index contributed by atoms with van der Waals surface area (Å²) < 4.78 is 5.27. The van der Waals surface area contributed by atoms with E-state index in [9.17, 15) is 14.7 Å². The smallest absolute Gasteiger partial charge is 0.340 e. The molecule has 2 aromatic heterocycles. The molecule has 2 heterocycles. The Hall–Kier alpha value is -6.28. The predicted octanol–water partition coefficient (Wildman–Crippen LogP) is 11.2. The van der Waals surface area contributed by atoms with Gasteiger partial charge in [-0.1, -0.05) is 72.8 Å². The largest absolute Gasteiger partial charge is 0.478 e. The summed E-state index contributed by atoms with van der Waals surface area (Å²) in [4.78, 5) is 33.3. The zero-order valence-corrected chi connectivity index (χ0v) is 30.8. The number of ether oxygens (including phenoxy) is 1. The number of hydrogen-bond donors (Lipinski definition) is 3. The van der Waals surface area contributed by atoms with Crippen LogP contribution in [-0.2, 0) is 4.74 Å². The van der Waals surface area contributed by atoms with E-state index in [2.05, 4.69) is 44.9 Å². The van der Waals surface area contributed by atoms with Crippen molar-refractivity contribution in [3.05, 3.63) is 155 Å². The van der Waals surface area contributed by atoms with E-state index in [1.165, 1.54) is 18.4 Å². The van der Waals surface area contributed by atoms with Gasteiger partial charge in [-0.15, -0.1) is 0 Å². The Balaban J connectivity index is 0.000000167. The number of esters is 1. The number of carboxylic acid groups (broad SMARTS) is 1. The summed E-state index contributed by atoms with van der Waals surface area (Å²) in [6.45, 7) is 6.24. The van der Waals surface area contributed by atoms with Crippen molar-refractivity contribution in [3.63, 3.8) is 0 Å². The number of carbonyl (C=O) groups is 2. The van der Waals surface area contributed by atoms with Gasteiger partial charge in [-0.05, 0) is 117 Å². The summed E-state index contributed by atoms with van der Waals surface area (Å²) in [6.07, 6.45) is 8.23. The highest BCUT2D eigenvalue weighted by atomic mass is 16.5. The highest BCUT2D eigenvalue weighted by Crippen LogP contribution is 2.42. The van der Waals surface area contributed by atoms with Gasteiger partial charge < -0.3 is 20.5 Å². The Morgan fingerprint density at radius 1 is 0.648 bits per heavy atom. The second kappa shape index (κ2) is 16.2. The number of nitrogens with zero attached hydrogens (tertiary/aromatic N) is 2. The number of aromatic nitrogens is 2. The molecule has 2 fully saturated rings. The third-order valence-corrected chi connectivity index (χ3v) is 9.72. The van der Waals surface area contributed by atoms with Gasteiger partial charge in [-0.25, -0.2) is 9.59 Å². The quantitative estimate of drug-likeness (QED) is 0.114. The molecule has 54 heavy (non-hydrogen) atoms. The monoisotopic (exact) mass is 716 g/mol. The summed E-state index contributed by atoms with van der Waals surface area (Å²) in [5, 5.41) is 16.1. The average molecular weight is 717 g/mol. The van der Waals surface area contributed by atoms with E-state index < -0.39 is 5.97 Å². The first kappa shape index (κ1) is 36.1. The molecule has 3 N–H and O–H groups in total. The van der Waals surface area contributed by atoms with E-state index in [-0.39, 0.29) is 5.97 Å². The number of rotatable bonds is 11. The number of nitrogens with one attached hydrogen (secondary N) is 2. The molecule has 8 heteroatoms. The maximum absolute atomic E-state index is 12.5. The average Bonchev–Trinajstić information content (AvgIpc) is 4.11. The first-order valence-corrected chi connectivity index (χ1v) is 18.5. The maximum atomic E-state index is 12.5. The number of aromatic carboxylic acids is 1. The van der Waals surface area contributed by atoms with Crippen molar-refractivity contribution < 1.29 is 19.4 Å². The van der Waals surface area contributed by atoms with Crippen LogP contribution in [0.3, 0.4) is 0 Å². The van der Waals surface area contributed by atoms with Crippen molar-refractivity contribution in [1.29, 1.82) is 0 Å². The third-order valence-electron chi connectivity index (χ3n) is 9.72. The van der Waals surface area contributed by atoms with Gasteiger partial charge in [0.25, 0.3) is 0 Å². The Bertz CT molecular complexity index is 2280. The number of anilines is 4. The first-order chi connectivity index (χ1) is 26.3. The lowest BCUT2D eigenvalue weighted by atomic mass is 10.0. The van der Waals surface area contributed by atoms with Crippen LogP contribution in [0.4, 0.5) is 22.7 Å². The molecule has 0 radical (unpaired) electrons. The molecule has 0 atom stereocenters. The molecule has 0 aliphatic heterocycles. The lowest BCUT2D eigenvalue weighted by molar-refractivity contribution is 0.0527. The van der Waals surface area contributed by atoms with Crippen LogP contribution in [0.5, 0.6) is 0 Å². The number of aryl methyl sites for hydroxylation is 2. The summed E-state index contributed by atoms with van der Waals surface area (Å²) in [5.74, 6) is -0.105. The highest BCUT2D eigenvalue weighted by molar-refractivity contribution is 5.97. The van der Waals surface area contributed by atoms with Crippen molar-refractivity contribution in [2.45, 2.75) is 58.3 Å². The van der Waals surface area contributed by atoms with Crippen LogP contribution in [0.2, 0.25) is 0 Å². The van der Waals surface area contributed by atoms with Gasteiger partial charge in [0.2, 0.25) is 0 Å². The van der Waals surface area contributed by atoms with Gasteiger partial charge in [0.05, 0.1) is 64.3 Å². The highest BCUT2D eigenvalue weighted by Gasteiger charge is 2.26. The minimum atomic E-state index is -0.916. The van der Waals surface area contributed by atoms with E-state index in [4.69, 9.17) is 4.74 Å². The van der Waals surface area contributed by atoms with Crippen molar-refractivity contribution in [2.75, 3.05) is 17.2 Å². The van der Waals surface area contributed by atoms with Crippen LogP contribution >= 0.6 is 0 Å². The van der Waals surface area contributed by atoms with Crippen LogP contribution in [0.15, 0.2) is 122 Å². The molecule has 2 aliphatic rings. The van der Waals surface area contributed by atoms with Gasteiger partial charge in [0.1, 0.15) is 0 Å². The molecule has 8 rings (SSSR count). The van der Waals surface area contributed by atoms with Gasteiger partial charge in [0.15, 0.2) is 0 Å². The second-order valence-electron chi connectivity index (χ2n) is 13.9. The van der Waals surface area contributed by atoms with Crippen LogP contribution in [0.25, 0.3) is 22.5 Å². The molecule has 2 aliphatic carbocycles. The van der Waals surface area contributed by atoms with Gasteiger partial charge >= 0.3 is 11.9 Å². The number of carbonyl (C=O) groups excluding carboxylic acids is 1. The summed E-state index contributed by atoms with van der Waals surface area (Å²) >= 11 is 0. The predicted molar refractivity (Wildman–Crippen MR) is 215 cm³/mol. The van der Waals surface area contributed by atoms with Crippen molar-refractivity contribution in [3.8, 4) is 22.5 Å². The Kier molecular flexibility index (Phi) is 10.8. The normalized spacial score (nSPS) is 13.3. The lowest BCUT2D eigenvalue weighted by Gasteiger charge is -2.14. The minimum absolute atomic E-state index is 0.293. The van der Waals surface area contributed by atoms with E-state index >= 15 is 0 Å². The fraction of sp³-hybridized carbons (Fsp3) is 0.217. The molecule has 8 nitrogen and oxygen atoms in total. The number of benzene rings is 4. The first-order valence-electron chi connectivity index (χ1n) is 18.5. The van der Waals surface area contributed by atoms with Gasteiger partial charge in [-0.2, -0.15) is 0 Å². The molecular formula is C46H44N4O4. The molecular weight excluding hydrogens is 673 g/mol. The van der Waals surface area contributed by atoms with Crippen LogP contribution in [0, 0.1) is 13.8 Å². The van der Waals surface area contributed by atoms with E-state index in [0.29, 0.717) is 35.3 Å². The summed E-state index contributed by atoms with van der Waals surface area (Å²) in [6, 6.07) is 35.9. The van der Waals surface area contributed by atoms with E-state index in [1.54, 1.807) is 18.5 Å². The second-order valence-corrected chi connectivity index (χ2v) is 13.9.